The molecule has 0 aliphatic heterocycles. The number of rotatable bonds is 5. The molecule has 8 heteroatoms. The van der Waals surface area contributed by atoms with Gasteiger partial charge in [-0.2, -0.15) is 0 Å². The van der Waals surface area contributed by atoms with Crippen LogP contribution < -0.4 is 26.3 Å². The molecule has 0 saturated heterocycles. The number of benzene rings is 2. The molecule has 0 bridgehead atoms. The van der Waals surface area contributed by atoms with Crippen molar-refractivity contribution in [3.8, 4) is 23.3 Å². The van der Waals surface area contributed by atoms with Gasteiger partial charge < -0.3 is 26.3 Å². The topological polar surface area (TPSA) is 130 Å². The summed E-state index contributed by atoms with van der Waals surface area (Å²) in [6, 6.07) is 11.8. The van der Waals surface area contributed by atoms with Gasteiger partial charge in [-0.1, -0.05) is 17.9 Å². The van der Waals surface area contributed by atoms with Crippen molar-refractivity contribution in [2.24, 2.45) is 5.73 Å². The minimum absolute atomic E-state index is 0.182. The Morgan fingerprint density at radius 1 is 0.938 bits per heavy atom. The molecule has 2 amide bonds. The van der Waals surface area contributed by atoms with Crippen LogP contribution in [-0.2, 0) is 0 Å². The minimum atomic E-state index is -0.621. The lowest BCUT2D eigenvalue weighted by molar-refractivity contribution is 0.0997. The smallest absolute Gasteiger partial charge is 0.255 e. The van der Waals surface area contributed by atoms with E-state index in [1.54, 1.807) is 36.4 Å². The number of aromatic nitrogens is 1. The van der Waals surface area contributed by atoms with Crippen LogP contribution in [0.5, 0.6) is 11.5 Å². The zero-order valence-electron chi connectivity index (χ0n) is 17.9. The monoisotopic (exact) mass is 430 g/mol. The van der Waals surface area contributed by atoms with Crippen molar-refractivity contribution in [2.75, 3.05) is 25.3 Å². The van der Waals surface area contributed by atoms with Gasteiger partial charge in [-0.25, -0.2) is 4.98 Å². The number of carbonyl (C=O) groups excluding carboxylic acids is 2. The predicted octanol–water partition coefficient (Wildman–Crippen LogP) is 2.74. The lowest BCUT2D eigenvalue weighted by Gasteiger charge is -2.10. The van der Waals surface area contributed by atoms with Crippen LogP contribution in [0.1, 0.15) is 37.4 Å². The van der Waals surface area contributed by atoms with Crippen LogP contribution in [0.3, 0.4) is 0 Å². The number of anilines is 2. The largest absolute Gasteiger partial charge is 0.497 e. The Morgan fingerprint density at radius 3 is 2.19 bits per heavy atom. The first kappa shape index (κ1) is 22.2. The van der Waals surface area contributed by atoms with E-state index < -0.39 is 5.91 Å². The molecule has 0 saturated carbocycles. The number of ether oxygens (including phenoxy) is 2. The number of carbonyl (C=O) groups is 2. The van der Waals surface area contributed by atoms with Crippen molar-refractivity contribution in [3.63, 3.8) is 0 Å². The fourth-order valence-corrected chi connectivity index (χ4v) is 2.83. The van der Waals surface area contributed by atoms with Gasteiger partial charge >= 0.3 is 0 Å². The lowest BCUT2D eigenvalue weighted by atomic mass is 10.0. The second kappa shape index (κ2) is 9.53. The molecular weight excluding hydrogens is 408 g/mol. The molecule has 2 aromatic carbocycles. The number of nitrogens with one attached hydrogen (secondary N) is 1. The number of methoxy groups -OCH3 is 2. The van der Waals surface area contributed by atoms with Gasteiger partial charge in [0.1, 0.15) is 17.3 Å². The average Bonchev–Trinajstić information content (AvgIpc) is 2.78. The van der Waals surface area contributed by atoms with Crippen LogP contribution >= 0.6 is 0 Å². The van der Waals surface area contributed by atoms with Crippen LogP contribution in [0.15, 0.2) is 48.7 Å². The van der Waals surface area contributed by atoms with Crippen LogP contribution in [0.25, 0.3) is 0 Å². The third-order valence-corrected chi connectivity index (χ3v) is 4.64. The highest BCUT2D eigenvalue weighted by Gasteiger charge is 2.10. The van der Waals surface area contributed by atoms with E-state index in [0.717, 1.165) is 5.56 Å². The number of pyridine rings is 1. The lowest BCUT2D eigenvalue weighted by Crippen LogP contribution is -2.12. The number of aryl methyl sites for hydroxylation is 1. The molecule has 3 aromatic rings. The quantitative estimate of drug-likeness (QED) is 0.534. The third kappa shape index (κ3) is 5.15. The predicted molar refractivity (Wildman–Crippen MR) is 122 cm³/mol. The van der Waals surface area contributed by atoms with Crippen LogP contribution in [-0.4, -0.2) is 31.0 Å². The number of hydrogen-bond acceptors (Lipinski definition) is 6. The first-order valence-corrected chi connectivity index (χ1v) is 9.53. The summed E-state index contributed by atoms with van der Waals surface area (Å²) < 4.78 is 10.5. The van der Waals surface area contributed by atoms with E-state index in [4.69, 9.17) is 20.9 Å². The molecule has 0 aliphatic rings. The zero-order chi connectivity index (χ0) is 23.3. The molecule has 1 heterocycles. The van der Waals surface area contributed by atoms with E-state index >= 15 is 0 Å². The second-order valence-electron chi connectivity index (χ2n) is 6.86. The van der Waals surface area contributed by atoms with Gasteiger partial charge in [-0.3, -0.25) is 9.59 Å². The van der Waals surface area contributed by atoms with Crippen molar-refractivity contribution >= 4 is 23.3 Å². The summed E-state index contributed by atoms with van der Waals surface area (Å²) in [5.74, 6) is 6.24. The molecule has 0 unspecified atom stereocenters. The second-order valence-corrected chi connectivity index (χ2v) is 6.86. The van der Waals surface area contributed by atoms with Crippen molar-refractivity contribution < 1.29 is 19.1 Å². The Morgan fingerprint density at radius 2 is 1.56 bits per heavy atom. The van der Waals surface area contributed by atoms with E-state index in [9.17, 15) is 9.59 Å². The maximum absolute atomic E-state index is 12.8. The van der Waals surface area contributed by atoms with E-state index in [2.05, 4.69) is 22.1 Å². The maximum Gasteiger partial charge on any atom is 0.255 e. The van der Waals surface area contributed by atoms with Crippen molar-refractivity contribution in [2.45, 2.75) is 6.92 Å². The zero-order valence-corrected chi connectivity index (χ0v) is 17.9. The van der Waals surface area contributed by atoms with E-state index in [0.29, 0.717) is 33.9 Å². The maximum atomic E-state index is 12.8. The summed E-state index contributed by atoms with van der Waals surface area (Å²) in [5, 5.41) is 2.83. The molecule has 0 radical (unpaired) electrons. The summed E-state index contributed by atoms with van der Waals surface area (Å²) in [7, 11) is 3.07. The number of nitrogens with zero attached hydrogens (tertiary/aromatic N) is 1. The first-order chi connectivity index (χ1) is 15.3. The van der Waals surface area contributed by atoms with Gasteiger partial charge in [-0.05, 0) is 30.7 Å². The van der Waals surface area contributed by atoms with Crippen molar-refractivity contribution in [1.82, 2.24) is 4.98 Å². The molecule has 162 valence electrons. The summed E-state index contributed by atoms with van der Waals surface area (Å²) in [5.41, 5.74) is 14.2. The SMILES string of the molecule is COc1cc(NC(=O)c2ccc(C)c(C#Cc3cc(C(N)=O)cnc3N)c2)cc(OC)c1. The average molecular weight is 430 g/mol. The molecule has 0 spiro atoms. The van der Waals surface area contributed by atoms with E-state index in [1.165, 1.54) is 26.5 Å². The van der Waals surface area contributed by atoms with E-state index in [-0.39, 0.29) is 17.3 Å². The Labute approximate surface area is 185 Å². The van der Waals surface area contributed by atoms with Gasteiger partial charge in [0.25, 0.3) is 5.91 Å². The third-order valence-electron chi connectivity index (χ3n) is 4.64. The van der Waals surface area contributed by atoms with Crippen molar-refractivity contribution in [3.05, 3.63) is 76.5 Å². The van der Waals surface area contributed by atoms with Gasteiger partial charge in [0.15, 0.2) is 0 Å². The van der Waals surface area contributed by atoms with Crippen molar-refractivity contribution in [1.29, 1.82) is 0 Å². The van der Waals surface area contributed by atoms with Crippen LogP contribution in [0.2, 0.25) is 0 Å². The molecule has 3 rings (SSSR count). The van der Waals surface area contributed by atoms with Gasteiger partial charge in [-0.15, -0.1) is 0 Å². The molecule has 1 aromatic heterocycles. The summed E-state index contributed by atoms with van der Waals surface area (Å²) in [6.45, 7) is 1.88. The normalized spacial score (nSPS) is 9.97. The summed E-state index contributed by atoms with van der Waals surface area (Å²) in [6.07, 6.45) is 1.30. The fourth-order valence-electron chi connectivity index (χ4n) is 2.83. The van der Waals surface area contributed by atoms with Crippen LogP contribution in [0, 0.1) is 18.8 Å². The number of nitrogens with two attached hydrogens (primary N) is 2. The fraction of sp³-hybridized carbons (Fsp3) is 0.125. The molecule has 8 nitrogen and oxygen atoms in total. The molecule has 0 aliphatic carbocycles. The van der Waals surface area contributed by atoms with Gasteiger partial charge in [0.2, 0.25) is 5.91 Å². The highest BCUT2D eigenvalue weighted by molar-refractivity contribution is 6.04. The standard InChI is InChI=1S/C24H22N4O4/c1-14-4-5-17(24(30)28-19-10-20(31-2)12-21(11-19)32-3)8-15(14)6-7-16-9-18(23(26)29)13-27-22(16)25/h4-5,8-13H,1-3H3,(H2,25,27)(H2,26,29)(H,28,30). The van der Waals surface area contributed by atoms with E-state index in [1.807, 2.05) is 6.92 Å². The highest BCUT2D eigenvalue weighted by atomic mass is 16.5. The molecule has 0 atom stereocenters. The Kier molecular flexibility index (Phi) is 6.61. The Balaban J connectivity index is 1.89. The van der Waals surface area contributed by atoms with Gasteiger partial charge in [0.05, 0.1) is 25.3 Å². The van der Waals surface area contributed by atoms with Gasteiger partial charge in [0, 0.05) is 41.2 Å². The Hall–Kier alpha value is -4.51. The molecule has 32 heavy (non-hydrogen) atoms. The summed E-state index contributed by atoms with van der Waals surface area (Å²) >= 11 is 0. The minimum Gasteiger partial charge on any atom is -0.497 e. The number of primary amides is 1. The highest BCUT2D eigenvalue weighted by Crippen LogP contribution is 2.26. The molecule has 0 fully saturated rings. The van der Waals surface area contributed by atoms with Crippen LogP contribution in [0.4, 0.5) is 11.5 Å². The first-order valence-electron chi connectivity index (χ1n) is 9.53. The number of nitrogen functional groups attached to an aromatic ring is 1. The summed E-state index contributed by atoms with van der Waals surface area (Å²) in [4.78, 5) is 28.1. The molecular formula is C24H22N4O4. The molecule has 5 N–H and O–H groups in total. The number of hydrogen-bond donors (Lipinski definition) is 3. The Bertz CT molecular complexity index is 1240. The number of amides is 2.